The quantitative estimate of drug-likeness (QED) is 0.762. The van der Waals surface area contributed by atoms with Gasteiger partial charge in [-0.1, -0.05) is 0 Å². The number of benzene rings is 1. The predicted octanol–water partition coefficient (Wildman–Crippen LogP) is 2.25. The van der Waals surface area contributed by atoms with E-state index in [0.717, 1.165) is 5.69 Å². The maximum atomic E-state index is 13.4. The summed E-state index contributed by atoms with van der Waals surface area (Å²) < 4.78 is 13.4. The molecule has 15 heavy (non-hydrogen) atoms. The van der Waals surface area contributed by atoms with E-state index in [-0.39, 0.29) is 5.69 Å². The van der Waals surface area contributed by atoms with Gasteiger partial charge in [0.25, 0.3) is 0 Å². The monoisotopic (exact) mass is 204 g/mol. The van der Waals surface area contributed by atoms with Crippen LogP contribution in [-0.2, 0) is 4.79 Å². The van der Waals surface area contributed by atoms with Crippen molar-refractivity contribution < 1.29 is 9.18 Å². The second-order valence-corrected chi connectivity index (χ2v) is 3.20. The van der Waals surface area contributed by atoms with Crippen molar-refractivity contribution in [3.63, 3.8) is 0 Å². The average molecular weight is 204 g/mol. The molecule has 0 aliphatic heterocycles. The fourth-order valence-corrected chi connectivity index (χ4v) is 1.48. The van der Waals surface area contributed by atoms with Gasteiger partial charge >= 0.3 is 0 Å². The molecule has 0 aliphatic carbocycles. The van der Waals surface area contributed by atoms with Crippen molar-refractivity contribution in [1.82, 2.24) is 4.98 Å². The number of nitrogens with zero attached hydrogens (tertiary/aromatic N) is 1. The zero-order chi connectivity index (χ0) is 10.8. The van der Waals surface area contributed by atoms with Crippen LogP contribution in [0.5, 0.6) is 0 Å². The number of nitrogens with one attached hydrogen (secondary N) is 1. The molecule has 1 heterocycles. The molecule has 0 spiro atoms. The summed E-state index contributed by atoms with van der Waals surface area (Å²) in [5, 5.41) is 2.95. The molecule has 0 saturated carbocycles. The largest absolute Gasteiger partial charge is 0.326 e. The van der Waals surface area contributed by atoms with Crippen LogP contribution in [0.4, 0.5) is 10.1 Å². The van der Waals surface area contributed by atoms with Crippen LogP contribution in [0.1, 0.15) is 5.69 Å². The van der Waals surface area contributed by atoms with Crippen molar-refractivity contribution in [3.05, 3.63) is 35.8 Å². The third kappa shape index (κ3) is 1.66. The van der Waals surface area contributed by atoms with E-state index in [1.807, 2.05) is 6.92 Å². The molecule has 4 heteroatoms. The molecule has 1 aromatic heterocycles. The Hall–Kier alpha value is -1.97. The van der Waals surface area contributed by atoms with Crippen LogP contribution in [0.3, 0.4) is 0 Å². The van der Waals surface area contributed by atoms with Crippen molar-refractivity contribution in [2.45, 2.75) is 6.92 Å². The number of aryl methyl sites for hydroxylation is 1. The highest BCUT2D eigenvalue weighted by molar-refractivity contribution is 5.95. The Bertz CT molecular complexity index is 525. The number of amides is 1. The van der Waals surface area contributed by atoms with Crippen molar-refractivity contribution >= 4 is 23.0 Å². The second kappa shape index (κ2) is 3.65. The molecule has 0 radical (unpaired) electrons. The first-order chi connectivity index (χ1) is 7.22. The number of halogens is 1. The minimum Gasteiger partial charge on any atom is -0.326 e. The molecule has 1 amide bonds. The van der Waals surface area contributed by atoms with Crippen LogP contribution in [0.2, 0.25) is 0 Å². The third-order valence-corrected chi connectivity index (χ3v) is 2.16. The number of rotatable bonds is 2. The van der Waals surface area contributed by atoms with E-state index >= 15 is 0 Å². The van der Waals surface area contributed by atoms with Gasteiger partial charge in [0.1, 0.15) is 5.82 Å². The van der Waals surface area contributed by atoms with Gasteiger partial charge in [0.15, 0.2) is 0 Å². The fraction of sp³-hybridized carbons (Fsp3) is 0.0909. The van der Waals surface area contributed by atoms with Crippen molar-refractivity contribution in [3.8, 4) is 0 Å². The molecular formula is C11H9FN2O. The van der Waals surface area contributed by atoms with E-state index in [2.05, 4.69) is 10.3 Å². The van der Waals surface area contributed by atoms with Crippen LogP contribution >= 0.6 is 0 Å². The normalized spacial score (nSPS) is 10.3. The lowest BCUT2D eigenvalue weighted by Crippen LogP contribution is -1.98. The number of pyridine rings is 1. The van der Waals surface area contributed by atoms with Gasteiger partial charge in [-0.15, -0.1) is 0 Å². The zero-order valence-electron chi connectivity index (χ0n) is 8.12. The van der Waals surface area contributed by atoms with E-state index in [1.54, 1.807) is 18.2 Å². The molecule has 3 nitrogen and oxygen atoms in total. The molecule has 0 unspecified atom stereocenters. The average Bonchev–Trinajstić information content (AvgIpc) is 2.22. The fourth-order valence-electron chi connectivity index (χ4n) is 1.48. The Kier molecular flexibility index (Phi) is 2.33. The van der Waals surface area contributed by atoms with Crippen LogP contribution in [0.15, 0.2) is 24.3 Å². The highest BCUT2D eigenvalue weighted by atomic mass is 19.1. The highest BCUT2D eigenvalue weighted by Gasteiger charge is 2.07. The molecule has 2 aromatic rings. The third-order valence-electron chi connectivity index (χ3n) is 2.16. The van der Waals surface area contributed by atoms with Gasteiger partial charge < -0.3 is 5.32 Å². The highest BCUT2D eigenvalue weighted by Crippen LogP contribution is 2.25. The molecule has 0 saturated heterocycles. The van der Waals surface area contributed by atoms with Gasteiger partial charge in [-0.05, 0) is 31.2 Å². The Balaban J connectivity index is 2.75. The van der Waals surface area contributed by atoms with E-state index in [0.29, 0.717) is 17.3 Å². The lowest BCUT2D eigenvalue weighted by molar-refractivity contribution is -0.105. The summed E-state index contributed by atoms with van der Waals surface area (Å²) in [5.41, 5.74) is 1.70. The summed E-state index contributed by atoms with van der Waals surface area (Å²) in [6, 6.07) is 6.40. The number of carbonyl (C=O) groups excluding carboxylic acids is 1. The maximum Gasteiger partial charge on any atom is 0.211 e. The second-order valence-electron chi connectivity index (χ2n) is 3.20. The zero-order valence-corrected chi connectivity index (χ0v) is 8.12. The lowest BCUT2D eigenvalue weighted by atomic mass is 10.1. The van der Waals surface area contributed by atoms with Crippen LogP contribution in [0.25, 0.3) is 10.9 Å². The number of hydrogen-bond donors (Lipinski definition) is 1. The minimum atomic E-state index is -0.458. The molecule has 76 valence electrons. The van der Waals surface area contributed by atoms with Crippen LogP contribution < -0.4 is 5.32 Å². The molecule has 2 rings (SSSR count). The first-order valence-corrected chi connectivity index (χ1v) is 4.48. The van der Waals surface area contributed by atoms with E-state index in [9.17, 15) is 9.18 Å². The molecule has 1 aromatic carbocycles. The number of aromatic nitrogens is 1. The van der Waals surface area contributed by atoms with Crippen molar-refractivity contribution in [2.24, 2.45) is 0 Å². The molecule has 0 fully saturated rings. The van der Waals surface area contributed by atoms with Gasteiger partial charge in [0.2, 0.25) is 6.41 Å². The summed E-state index contributed by atoms with van der Waals surface area (Å²) in [5.74, 6) is -0.458. The summed E-state index contributed by atoms with van der Waals surface area (Å²) >= 11 is 0. The molecule has 1 N–H and O–H groups in total. The SMILES string of the molecule is Cc1ccc2c(NC=O)c(F)ccc2n1. The van der Waals surface area contributed by atoms with Gasteiger partial charge in [-0.2, -0.15) is 0 Å². The van der Waals surface area contributed by atoms with Crippen molar-refractivity contribution in [2.75, 3.05) is 5.32 Å². The number of hydrogen-bond acceptors (Lipinski definition) is 2. The van der Waals surface area contributed by atoms with E-state index < -0.39 is 5.82 Å². The van der Waals surface area contributed by atoms with Gasteiger partial charge in [0.05, 0.1) is 11.2 Å². The Labute approximate surface area is 85.9 Å². The Morgan fingerprint density at radius 1 is 1.33 bits per heavy atom. The minimum absolute atomic E-state index is 0.176. The standard InChI is InChI=1S/C11H9FN2O/c1-7-2-3-8-10(14-7)5-4-9(12)11(8)13-6-15/h2-6H,1H3,(H,13,15). The van der Waals surface area contributed by atoms with Gasteiger partial charge in [0, 0.05) is 11.1 Å². The lowest BCUT2D eigenvalue weighted by Gasteiger charge is -2.06. The van der Waals surface area contributed by atoms with E-state index in [4.69, 9.17) is 0 Å². The maximum absolute atomic E-state index is 13.4. The Morgan fingerprint density at radius 2 is 2.13 bits per heavy atom. The van der Waals surface area contributed by atoms with Crippen LogP contribution in [0, 0.1) is 12.7 Å². The molecular weight excluding hydrogens is 195 g/mol. The number of carbonyl (C=O) groups is 1. The molecule has 0 bridgehead atoms. The topological polar surface area (TPSA) is 42.0 Å². The number of fused-ring (bicyclic) bond motifs is 1. The van der Waals surface area contributed by atoms with Gasteiger partial charge in [-0.25, -0.2) is 4.39 Å². The first-order valence-electron chi connectivity index (χ1n) is 4.48. The van der Waals surface area contributed by atoms with E-state index in [1.165, 1.54) is 6.07 Å². The van der Waals surface area contributed by atoms with Crippen molar-refractivity contribution in [1.29, 1.82) is 0 Å². The smallest absolute Gasteiger partial charge is 0.211 e. The summed E-state index contributed by atoms with van der Waals surface area (Å²) in [7, 11) is 0. The number of anilines is 1. The predicted molar refractivity (Wildman–Crippen MR) is 56.1 cm³/mol. The summed E-state index contributed by atoms with van der Waals surface area (Å²) in [6.07, 6.45) is 0.456. The summed E-state index contributed by atoms with van der Waals surface area (Å²) in [6.45, 7) is 1.86. The van der Waals surface area contributed by atoms with Gasteiger partial charge in [-0.3, -0.25) is 9.78 Å². The Morgan fingerprint density at radius 3 is 2.87 bits per heavy atom. The first kappa shape index (κ1) is 9.58. The van der Waals surface area contributed by atoms with Crippen LogP contribution in [-0.4, -0.2) is 11.4 Å². The molecule has 0 atom stereocenters. The molecule has 0 aliphatic rings. The summed E-state index contributed by atoms with van der Waals surface area (Å²) in [4.78, 5) is 14.6.